The van der Waals surface area contributed by atoms with Crippen LogP contribution in [-0.4, -0.2) is 3.79 Å². The van der Waals surface area contributed by atoms with Crippen molar-refractivity contribution in [3.63, 3.8) is 0 Å². The molecule has 1 fully saturated rings. The van der Waals surface area contributed by atoms with Crippen LogP contribution >= 0.6 is 34.8 Å². The van der Waals surface area contributed by atoms with Gasteiger partial charge in [0.2, 0.25) is 0 Å². The van der Waals surface area contributed by atoms with Crippen LogP contribution in [0.3, 0.4) is 0 Å². The molecule has 1 aliphatic rings. The molecule has 0 heterocycles. The molecule has 0 aliphatic heterocycles. The van der Waals surface area contributed by atoms with Crippen LogP contribution in [0.4, 0.5) is 0 Å². The molecule has 3 heteroatoms. The third-order valence-electron chi connectivity index (χ3n) is 2.74. The van der Waals surface area contributed by atoms with Crippen LogP contribution in [-0.2, 0) is 0 Å². The van der Waals surface area contributed by atoms with E-state index in [0.717, 1.165) is 6.42 Å². The van der Waals surface area contributed by atoms with Crippen molar-refractivity contribution >= 4 is 34.8 Å². The van der Waals surface area contributed by atoms with Crippen molar-refractivity contribution < 1.29 is 0 Å². The van der Waals surface area contributed by atoms with Gasteiger partial charge in [-0.15, -0.1) is 0 Å². The number of hydrogen-bond donors (Lipinski definition) is 0. The summed E-state index contributed by atoms with van der Waals surface area (Å²) in [4.78, 5) is 0. The molecule has 0 bridgehead atoms. The Hall–Kier alpha value is 0.870. The zero-order valence-corrected chi connectivity index (χ0v) is 10.1. The minimum absolute atomic E-state index is 0.632. The van der Waals surface area contributed by atoms with Gasteiger partial charge in [0.05, 0.1) is 0 Å². The van der Waals surface area contributed by atoms with Crippen molar-refractivity contribution in [1.82, 2.24) is 0 Å². The number of halogens is 3. The lowest BCUT2D eigenvalue weighted by Gasteiger charge is -2.22. The topological polar surface area (TPSA) is 0 Å². The van der Waals surface area contributed by atoms with Crippen LogP contribution in [0.2, 0.25) is 0 Å². The van der Waals surface area contributed by atoms with Gasteiger partial charge in [-0.05, 0) is 12.3 Å². The predicted octanol–water partition coefficient (Wildman–Crippen LogP) is 5.11. The number of rotatable bonds is 1. The minimum Gasteiger partial charge on any atom is -0.0837 e. The molecule has 0 N–H and O–H groups in total. The molecular weight excluding hydrogens is 226 g/mol. The van der Waals surface area contributed by atoms with Gasteiger partial charge in [-0.25, -0.2) is 0 Å². The summed E-state index contributed by atoms with van der Waals surface area (Å²) in [7, 11) is 0. The van der Waals surface area contributed by atoms with Crippen LogP contribution in [0.15, 0.2) is 0 Å². The van der Waals surface area contributed by atoms with Crippen molar-refractivity contribution in [3.8, 4) is 0 Å². The van der Waals surface area contributed by atoms with Gasteiger partial charge >= 0.3 is 0 Å². The molecule has 0 unspecified atom stereocenters. The summed E-state index contributed by atoms with van der Waals surface area (Å²) < 4.78 is -1.04. The second-order valence-corrected chi connectivity index (χ2v) is 6.55. The van der Waals surface area contributed by atoms with Crippen molar-refractivity contribution in [1.29, 1.82) is 0 Å². The third kappa shape index (κ3) is 6.04. The summed E-state index contributed by atoms with van der Waals surface area (Å²) >= 11 is 17.4. The standard InChI is InChI=1S/C10H17Cl3/c11-10(12,13)8-9-6-4-2-1-3-5-7-9/h9H,1-8H2. The Bertz CT molecular complexity index is 132. The molecule has 1 saturated carbocycles. The fourth-order valence-corrected chi connectivity index (χ4v) is 2.73. The lowest BCUT2D eigenvalue weighted by molar-refractivity contribution is 0.361. The quantitative estimate of drug-likeness (QED) is 0.562. The Kier molecular flexibility index (Phi) is 5.22. The first kappa shape index (κ1) is 11.9. The van der Waals surface area contributed by atoms with Crippen molar-refractivity contribution in [2.45, 2.75) is 55.2 Å². The van der Waals surface area contributed by atoms with Gasteiger partial charge in [0.1, 0.15) is 0 Å². The fraction of sp³-hybridized carbons (Fsp3) is 1.00. The minimum atomic E-state index is -1.04. The van der Waals surface area contributed by atoms with Crippen LogP contribution in [0.5, 0.6) is 0 Å². The molecule has 1 rings (SSSR count). The lowest BCUT2D eigenvalue weighted by atomic mass is 9.89. The summed E-state index contributed by atoms with van der Waals surface area (Å²) in [5.74, 6) is 0.632. The largest absolute Gasteiger partial charge is 0.190 e. The highest BCUT2D eigenvalue weighted by molar-refractivity contribution is 6.67. The maximum Gasteiger partial charge on any atom is 0.190 e. The van der Waals surface area contributed by atoms with E-state index in [4.69, 9.17) is 34.8 Å². The average Bonchev–Trinajstić information content (AvgIpc) is 1.92. The smallest absolute Gasteiger partial charge is 0.0837 e. The Balaban J connectivity index is 2.29. The molecule has 0 spiro atoms. The normalized spacial score (nSPS) is 22.4. The van der Waals surface area contributed by atoms with E-state index in [1.807, 2.05) is 0 Å². The van der Waals surface area contributed by atoms with Gasteiger partial charge in [0.25, 0.3) is 0 Å². The first-order chi connectivity index (χ1) is 6.08. The molecule has 1 aliphatic carbocycles. The second-order valence-electron chi connectivity index (χ2n) is 4.03. The first-order valence-electron chi connectivity index (χ1n) is 5.15. The molecule has 0 radical (unpaired) electrons. The molecule has 0 aromatic carbocycles. The summed E-state index contributed by atoms with van der Waals surface area (Å²) in [6.07, 6.45) is 9.95. The van der Waals surface area contributed by atoms with E-state index in [1.54, 1.807) is 0 Å². The van der Waals surface area contributed by atoms with Gasteiger partial charge in [0, 0.05) is 0 Å². The number of alkyl halides is 3. The van der Waals surface area contributed by atoms with Crippen LogP contribution < -0.4 is 0 Å². The molecule has 78 valence electrons. The SMILES string of the molecule is ClC(Cl)(Cl)CC1CCCCCCC1. The Morgan fingerprint density at radius 1 is 0.846 bits per heavy atom. The van der Waals surface area contributed by atoms with Gasteiger partial charge < -0.3 is 0 Å². The molecule has 0 aromatic rings. The van der Waals surface area contributed by atoms with E-state index in [-0.39, 0.29) is 0 Å². The Morgan fingerprint density at radius 2 is 1.31 bits per heavy atom. The van der Waals surface area contributed by atoms with E-state index in [9.17, 15) is 0 Å². The van der Waals surface area contributed by atoms with E-state index in [0.29, 0.717) is 5.92 Å². The maximum atomic E-state index is 5.79. The molecular formula is C10H17Cl3. The van der Waals surface area contributed by atoms with Gasteiger partial charge in [0.15, 0.2) is 3.79 Å². The monoisotopic (exact) mass is 242 g/mol. The molecule has 0 amide bonds. The van der Waals surface area contributed by atoms with E-state index < -0.39 is 3.79 Å². The highest BCUT2D eigenvalue weighted by Gasteiger charge is 2.25. The van der Waals surface area contributed by atoms with Crippen LogP contribution in [0, 0.1) is 5.92 Å². The van der Waals surface area contributed by atoms with Crippen molar-refractivity contribution in [3.05, 3.63) is 0 Å². The van der Waals surface area contributed by atoms with E-state index in [2.05, 4.69) is 0 Å². The lowest BCUT2D eigenvalue weighted by Crippen LogP contribution is -2.13. The highest BCUT2D eigenvalue weighted by atomic mass is 35.6. The highest BCUT2D eigenvalue weighted by Crippen LogP contribution is 2.37. The van der Waals surface area contributed by atoms with Gasteiger partial charge in [-0.1, -0.05) is 79.7 Å². The van der Waals surface area contributed by atoms with Crippen LogP contribution in [0.1, 0.15) is 51.4 Å². The van der Waals surface area contributed by atoms with Crippen molar-refractivity contribution in [2.75, 3.05) is 0 Å². The molecule has 0 atom stereocenters. The third-order valence-corrected chi connectivity index (χ3v) is 3.21. The zero-order chi connectivity index (χ0) is 9.73. The number of hydrogen-bond acceptors (Lipinski definition) is 0. The van der Waals surface area contributed by atoms with E-state index >= 15 is 0 Å². The van der Waals surface area contributed by atoms with Gasteiger partial charge in [-0.3, -0.25) is 0 Å². The summed E-state index contributed by atoms with van der Waals surface area (Å²) in [5.41, 5.74) is 0. The first-order valence-corrected chi connectivity index (χ1v) is 6.28. The zero-order valence-electron chi connectivity index (χ0n) is 7.87. The van der Waals surface area contributed by atoms with Crippen LogP contribution in [0.25, 0.3) is 0 Å². The molecule has 0 aromatic heterocycles. The Labute approximate surface area is 95.9 Å². The predicted molar refractivity (Wildman–Crippen MR) is 60.7 cm³/mol. The van der Waals surface area contributed by atoms with E-state index in [1.165, 1.54) is 44.9 Å². The fourth-order valence-electron chi connectivity index (χ4n) is 2.07. The van der Waals surface area contributed by atoms with Crippen molar-refractivity contribution in [2.24, 2.45) is 5.92 Å². The second kappa shape index (κ2) is 5.68. The summed E-state index contributed by atoms with van der Waals surface area (Å²) in [5, 5.41) is 0. The maximum absolute atomic E-state index is 5.79. The Morgan fingerprint density at radius 3 is 1.77 bits per heavy atom. The molecule has 0 saturated heterocycles. The van der Waals surface area contributed by atoms with Gasteiger partial charge in [-0.2, -0.15) is 0 Å². The molecule has 13 heavy (non-hydrogen) atoms. The molecule has 0 nitrogen and oxygen atoms in total. The summed E-state index contributed by atoms with van der Waals surface area (Å²) in [6, 6.07) is 0. The summed E-state index contributed by atoms with van der Waals surface area (Å²) in [6.45, 7) is 0. The average molecular weight is 244 g/mol.